The maximum absolute atomic E-state index is 5.12. The van der Waals surface area contributed by atoms with E-state index in [0.717, 1.165) is 50.6 Å². The molecule has 0 spiro atoms. The number of ether oxygens (including phenoxy) is 3. The van der Waals surface area contributed by atoms with Crippen LogP contribution < -0.4 is 5.32 Å². The van der Waals surface area contributed by atoms with E-state index >= 15 is 0 Å². The van der Waals surface area contributed by atoms with Crippen molar-refractivity contribution in [1.82, 2.24) is 15.3 Å². The van der Waals surface area contributed by atoms with E-state index in [-0.39, 0.29) is 14.9 Å². The van der Waals surface area contributed by atoms with Crippen LogP contribution in [0.5, 0.6) is 0 Å². The monoisotopic (exact) mass is 830 g/mol. The SMILES string of the molecule is C.C.C1CCCC1.C1CCCCC1.C1CCNCC1.C1CCOC1.C1CCOCC1.C1CCOCC1.c1ccc2[nH]ccc2c1.c1ccc2occc2c1.c1ccncc1. The fourth-order valence-corrected chi connectivity index (χ4v) is 6.84. The first kappa shape index (κ1) is 54.5. The summed E-state index contributed by atoms with van der Waals surface area (Å²) in [6, 6.07) is 25.9. The molecule has 2 N–H and O–H groups in total. The van der Waals surface area contributed by atoms with Gasteiger partial charge in [0.05, 0.1) is 6.26 Å². The van der Waals surface area contributed by atoms with Crippen molar-refractivity contribution in [2.75, 3.05) is 52.7 Å². The summed E-state index contributed by atoms with van der Waals surface area (Å²) < 4.78 is 20.2. The molecule has 2 aliphatic carbocycles. The Hall–Kier alpha value is -3.49. The highest BCUT2D eigenvalue weighted by Crippen LogP contribution is 2.16. The van der Waals surface area contributed by atoms with E-state index in [9.17, 15) is 0 Å². The van der Waals surface area contributed by atoms with Gasteiger partial charge >= 0.3 is 0 Å². The fraction of sp³-hybridized carbons (Fsp3) is 0.604. The van der Waals surface area contributed by atoms with Crippen molar-refractivity contribution in [3.63, 3.8) is 0 Å². The second kappa shape index (κ2) is 42.2. The van der Waals surface area contributed by atoms with Crippen LogP contribution >= 0.6 is 0 Å². The van der Waals surface area contributed by atoms with Gasteiger partial charge in [-0.3, -0.25) is 4.98 Å². The summed E-state index contributed by atoms with van der Waals surface area (Å²) in [5, 5.41) is 5.72. The molecule has 6 aliphatic rings. The van der Waals surface area contributed by atoms with Crippen molar-refractivity contribution in [2.45, 2.75) is 156 Å². The van der Waals surface area contributed by atoms with Gasteiger partial charge < -0.3 is 28.9 Å². The van der Waals surface area contributed by atoms with E-state index in [0.29, 0.717) is 0 Å². The number of para-hydroxylation sites is 2. The number of fused-ring (bicyclic) bond motifs is 2. The maximum Gasteiger partial charge on any atom is 0.133 e. The average molecular weight is 830 g/mol. The minimum absolute atomic E-state index is 0. The predicted octanol–water partition coefficient (Wildman–Crippen LogP) is 15.2. The number of aromatic nitrogens is 2. The molecule has 5 aromatic rings. The standard InChI is InChI=1S/C8H7N.C8H6O.C6H12.C5H11N.C5H5N.2C5H10O.C5H10.C4H8O.2CH4/c2*1-2-4-8-7(3-1)5-6-9-8;5*1-2-4-6-5-3-1;2*1-2-4-5-3-1;;/h1-6,9H;1-6H;1-6H2;6H,1-5H2;1-5H;2*1-5H2;1-5H2;1-4H2;2*1H4. The Labute approximate surface area is 367 Å². The second-order valence-electron chi connectivity index (χ2n) is 15.4. The molecule has 0 atom stereocenters. The van der Waals surface area contributed by atoms with Gasteiger partial charge in [0, 0.05) is 69.1 Å². The number of hydrogen-bond acceptors (Lipinski definition) is 6. The molecule has 7 heteroatoms. The number of pyridine rings is 1. The molecule has 11 rings (SSSR count). The summed E-state index contributed by atoms with van der Waals surface area (Å²) in [4.78, 5) is 6.90. The third-order valence-electron chi connectivity index (χ3n) is 10.3. The fourth-order valence-electron chi connectivity index (χ4n) is 6.84. The molecule has 0 radical (unpaired) electrons. The lowest BCUT2D eigenvalue weighted by Crippen LogP contribution is -2.21. The molecule has 4 saturated heterocycles. The van der Waals surface area contributed by atoms with Crippen LogP contribution in [0.2, 0.25) is 0 Å². The largest absolute Gasteiger partial charge is 0.464 e. The third kappa shape index (κ3) is 31.4. The van der Waals surface area contributed by atoms with Crippen LogP contribution in [0.1, 0.15) is 156 Å². The van der Waals surface area contributed by atoms with Crippen LogP contribution in [0.25, 0.3) is 21.9 Å². The molecule has 4 aliphatic heterocycles. The molecular weight excluding hydrogens is 743 g/mol. The van der Waals surface area contributed by atoms with Gasteiger partial charge in [-0.15, -0.1) is 0 Å². The first-order chi connectivity index (χ1) is 28.9. The minimum atomic E-state index is 0. The Morgan fingerprint density at radius 1 is 0.383 bits per heavy atom. The number of furan rings is 1. The minimum Gasteiger partial charge on any atom is -0.464 e. The highest BCUT2D eigenvalue weighted by Gasteiger charge is 1.98. The summed E-state index contributed by atoms with van der Waals surface area (Å²) in [5.41, 5.74) is 2.16. The summed E-state index contributed by atoms with van der Waals surface area (Å²) in [6.07, 6.45) is 38.3. The van der Waals surface area contributed by atoms with Gasteiger partial charge in [-0.25, -0.2) is 0 Å². The summed E-state index contributed by atoms with van der Waals surface area (Å²) in [7, 11) is 0. The number of hydrogen-bond donors (Lipinski definition) is 2. The molecule has 0 amide bonds. The lowest BCUT2D eigenvalue weighted by molar-refractivity contribution is 0.0967. The number of H-pyrrole nitrogens is 1. The molecule has 2 aromatic carbocycles. The van der Waals surface area contributed by atoms with Crippen molar-refractivity contribution < 1.29 is 18.6 Å². The molecule has 2 saturated carbocycles. The predicted molar refractivity (Wildman–Crippen MR) is 259 cm³/mol. The molecule has 3 aromatic heterocycles. The topological polar surface area (TPSA) is 81.5 Å². The van der Waals surface area contributed by atoms with E-state index in [1.807, 2.05) is 66.9 Å². The lowest BCUT2D eigenvalue weighted by Gasteiger charge is -2.08. The molecule has 0 bridgehead atoms. The van der Waals surface area contributed by atoms with Gasteiger partial charge in [0.2, 0.25) is 0 Å². The Balaban J connectivity index is 0.000000339. The van der Waals surface area contributed by atoms with E-state index in [1.165, 1.54) is 165 Å². The Morgan fingerprint density at radius 3 is 1.13 bits per heavy atom. The molecule has 60 heavy (non-hydrogen) atoms. The number of rotatable bonds is 0. The highest BCUT2D eigenvalue weighted by atomic mass is 16.5. The van der Waals surface area contributed by atoms with Gasteiger partial charge in [-0.2, -0.15) is 0 Å². The van der Waals surface area contributed by atoms with Gasteiger partial charge in [0.1, 0.15) is 5.58 Å². The van der Waals surface area contributed by atoms with E-state index in [2.05, 4.69) is 33.5 Å². The molecule has 338 valence electrons. The molecule has 0 unspecified atom stereocenters. The smallest absolute Gasteiger partial charge is 0.133 e. The van der Waals surface area contributed by atoms with E-state index < -0.39 is 0 Å². The Morgan fingerprint density at radius 2 is 0.800 bits per heavy atom. The quantitative estimate of drug-likeness (QED) is 0.162. The van der Waals surface area contributed by atoms with Crippen molar-refractivity contribution >= 4 is 21.9 Å². The molecule has 6 fully saturated rings. The zero-order valence-corrected chi connectivity index (χ0v) is 36.1. The Kier molecular flexibility index (Phi) is 38.4. The number of nitrogens with one attached hydrogen (secondary N) is 2. The van der Waals surface area contributed by atoms with Crippen molar-refractivity contribution in [3.05, 3.63) is 104 Å². The first-order valence-corrected chi connectivity index (χ1v) is 23.2. The summed E-state index contributed by atoms with van der Waals surface area (Å²) in [6.45, 7) is 8.50. The van der Waals surface area contributed by atoms with Gasteiger partial charge in [0.15, 0.2) is 0 Å². The molecule has 7 nitrogen and oxygen atoms in total. The second-order valence-corrected chi connectivity index (χ2v) is 15.4. The first-order valence-electron chi connectivity index (χ1n) is 23.2. The Bertz CT molecular complexity index is 1240. The number of benzene rings is 2. The third-order valence-corrected chi connectivity index (χ3v) is 10.3. The summed E-state index contributed by atoms with van der Waals surface area (Å²) >= 11 is 0. The zero-order valence-electron chi connectivity index (χ0n) is 36.1. The van der Waals surface area contributed by atoms with Crippen molar-refractivity contribution in [1.29, 1.82) is 0 Å². The molecule has 7 heterocycles. The van der Waals surface area contributed by atoms with Crippen molar-refractivity contribution in [3.8, 4) is 0 Å². The van der Waals surface area contributed by atoms with Crippen LogP contribution in [0.4, 0.5) is 0 Å². The van der Waals surface area contributed by atoms with Crippen LogP contribution in [0.3, 0.4) is 0 Å². The van der Waals surface area contributed by atoms with Crippen LogP contribution in [0, 0.1) is 0 Å². The van der Waals surface area contributed by atoms with Gasteiger partial charge in [-0.1, -0.05) is 134 Å². The molecular formula is C53H87N3O4. The lowest BCUT2D eigenvalue weighted by atomic mass is 10.0. The zero-order chi connectivity index (χ0) is 40.5. The average Bonchev–Trinajstić information content (AvgIpc) is 4.21. The highest BCUT2D eigenvalue weighted by molar-refractivity contribution is 5.78. The number of piperidine rings is 1. The van der Waals surface area contributed by atoms with Crippen LogP contribution in [-0.4, -0.2) is 62.7 Å². The number of nitrogens with zero attached hydrogens (tertiary/aromatic N) is 1. The van der Waals surface area contributed by atoms with Gasteiger partial charge in [0.25, 0.3) is 0 Å². The van der Waals surface area contributed by atoms with Crippen LogP contribution in [0.15, 0.2) is 108 Å². The van der Waals surface area contributed by atoms with E-state index in [1.54, 1.807) is 18.7 Å². The van der Waals surface area contributed by atoms with E-state index in [4.69, 9.17) is 18.6 Å². The maximum atomic E-state index is 5.12. The normalized spacial score (nSPS) is 17.5. The van der Waals surface area contributed by atoms with Gasteiger partial charge in [-0.05, 0) is 119 Å². The number of aromatic amines is 1. The van der Waals surface area contributed by atoms with Crippen molar-refractivity contribution in [2.24, 2.45) is 0 Å². The summed E-state index contributed by atoms with van der Waals surface area (Å²) in [5.74, 6) is 0. The van der Waals surface area contributed by atoms with Crippen LogP contribution in [-0.2, 0) is 14.2 Å².